The van der Waals surface area contributed by atoms with Gasteiger partial charge in [0.1, 0.15) is 24.0 Å². The van der Waals surface area contributed by atoms with Gasteiger partial charge >= 0.3 is 6.18 Å². The van der Waals surface area contributed by atoms with E-state index in [4.69, 9.17) is 29.2 Å². The molecule has 2 N–H and O–H groups in total. The summed E-state index contributed by atoms with van der Waals surface area (Å²) < 4.78 is 65.6. The summed E-state index contributed by atoms with van der Waals surface area (Å²) in [6.07, 6.45) is -7.14. The van der Waals surface area contributed by atoms with Gasteiger partial charge < -0.3 is 38.8 Å². The molecule has 0 radical (unpaired) electrons. The highest BCUT2D eigenvalue weighted by atomic mass is 19.4. The summed E-state index contributed by atoms with van der Waals surface area (Å²) in [5, 5.41) is 24.3. The maximum Gasteiger partial charge on any atom is 0.433 e. The maximum atomic E-state index is 12.9. The van der Waals surface area contributed by atoms with Crippen molar-refractivity contribution in [2.45, 2.75) is 30.5 Å². The Kier molecular flexibility index (Phi) is 13.1. The quantitative estimate of drug-likeness (QED) is 0.137. The number of anilines is 1. The first-order chi connectivity index (χ1) is 17.3. The molecule has 4 atom stereocenters. The standard InChI is InChI=1S/C20H31F3N6O7/c1-29(19-25-3-2-16(27-19)20(21,22)23)14-12-36-15(18(31)17(14)30)13-35-11-10-34-9-8-33-7-6-32-5-4-26-28-24/h2-3,14-15,17-18,30-31H,4-13H2,1H3/t14-,15+,17+,18-/m0/s1. The largest absolute Gasteiger partial charge is 0.433 e. The second-order valence-electron chi connectivity index (χ2n) is 7.64. The molecule has 0 unspecified atom stereocenters. The van der Waals surface area contributed by atoms with E-state index < -0.39 is 36.2 Å². The molecule has 0 aliphatic carbocycles. The van der Waals surface area contributed by atoms with Crippen LogP contribution in [0.3, 0.4) is 0 Å². The summed E-state index contributed by atoms with van der Waals surface area (Å²) >= 11 is 0. The minimum atomic E-state index is -4.64. The van der Waals surface area contributed by atoms with Crippen LogP contribution in [0.25, 0.3) is 10.4 Å². The van der Waals surface area contributed by atoms with Gasteiger partial charge in [0, 0.05) is 24.7 Å². The van der Waals surface area contributed by atoms with E-state index in [1.807, 2.05) is 0 Å². The van der Waals surface area contributed by atoms with Crippen LogP contribution in [0.15, 0.2) is 17.4 Å². The topological polar surface area (TPSA) is 164 Å². The SMILES string of the molecule is CN(c1nccc(C(F)(F)F)n1)[C@H]1CO[C@H](COCCOCCOCCOCCN=[N+]=[N-])[C@H](O)[C@@H]1O. The number of hydrogen-bond donors (Lipinski definition) is 2. The van der Waals surface area contributed by atoms with E-state index in [1.165, 1.54) is 11.9 Å². The molecule has 0 amide bonds. The van der Waals surface area contributed by atoms with Crippen molar-refractivity contribution in [2.24, 2.45) is 5.11 Å². The van der Waals surface area contributed by atoms with Crippen molar-refractivity contribution in [1.29, 1.82) is 0 Å². The van der Waals surface area contributed by atoms with Gasteiger partial charge in [0.15, 0.2) is 0 Å². The molecule has 0 aromatic carbocycles. The predicted molar refractivity (Wildman–Crippen MR) is 118 cm³/mol. The van der Waals surface area contributed by atoms with E-state index in [0.29, 0.717) is 33.0 Å². The minimum Gasteiger partial charge on any atom is -0.388 e. The zero-order valence-corrected chi connectivity index (χ0v) is 19.8. The Hall–Kier alpha value is -2.30. The first-order valence-electron chi connectivity index (χ1n) is 11.2. The monoisotopic (exact) mass is 524 g/mol. The molecule has 204 valence electrons. The number of ether oxygens (including phenoxy) is 5. The van der Waals surface area contributed by atoms with Gasteiger partial charge in [0.05, 0.1) is 65.5 Å². The highest BCUT2D eigenvalue weighted by Crippen LogP contribution is 2.29. The lowest BCUT2D eigenvalue weighted by Crippen LogP contribution is -2.59. The van der Waals surface area contributed by atoms with Crippen LogP contribution in [0.5, 0.6) is 0 Å². The first-order valence-corrected chi connectivity index (χ1v) is 11.2. The number of aromatic nitrogens is 2. The number of aliphatic hydroxyl groups is 2. The average molecular weight is 524 g/mol. The van der Waals surface area contributed by atoms with E-state index in [0.717, 1.165) is 12.3 Å². The van der Waals surface area contributed by atoms with E-state index in [-0.39, 0.29) is 38.9 Å². The molecule has 16 heteroatoms. The van der Waals surface area contributed by atoms with E-state index in [1.54, 1.807) is 0 Å². The Bertz CT molecular complexity index is 818. The predicted octanol–water partition coefficient (Wildman–Crippen LogP) is 0.797. The second kappa shape index (κ2) is 15.7. The van der Waals surface area contributed by atoms with E-state index >= 15 is 0 Å². The summed E-state index contributed by atoms with van der Waals surface area (Å²) in [6.45, 7) is 2.47. The van der Waals surface area contributed by atoms with Gasteiger partial charge in [-0.25, -0.2) is 9.97 Å². The Morgan fingerprint density at radius 3 is 2.31 bits per heavy atom. The Morgan fingerprint density at radius 1 is 1.08 bits per heavy atom. The smallest absolute Gasteiger partial charge is 0.388 e. The Balaban J connectivity index is 1.60. The lowest BCUT2D eigenvalue weighted by Gasteiger charge is -2.41. The van der Waals surface area contributed by atoms with Gasteiger partial charge in [-0.3, -0.25) is 0 Å². The third-order valence-corrected chi connectivity index (χ3v) is 5.15. The fourth-order valence-electron chi connectivity index (χ4n) is 3.19. The zero-order valence-electron chi connectivity index (χ0n) is 19.8. The maximum absolute atomic E-state index is 12.9. The van der Waals surface area contributed by atoms with Gasteiger partial charge in [-0.15, -0.1) is 0 Å². The molecule has 1 aromatic rings. The fourth-order valence-corrected chi connectivity index (χ4v) is 3.19. The Morgan fingerprint density at radius 2 is 1.69 bits per heavy atom. The molecule has 0 bridgehead atoms. The second-order valence-corrected chi connectivity index (χ2v) is 7.64. The molecule has 2 rings (SSSR count). The molecular weight excluding hydrogens is 493 g/mol. The minimum absolute atomic E-state index is 0.0121. The van der Waals surface area contributed by atoms with Gasteiger partial charge in [0.25, 0.3) is 0 Å². The fraction of sp³-hybridized carbons (Fsp3) is 0.800. The number of azide groups is 1. The number of likely N-dealkylation sites (N-methyl/N-ethyl adjacent to an activating group) is 1. The molecule has 1 saturated heterocycles. The summed E-state index contributed by atoms with van der Waals surface area (Å²) in [5.74, 6) is -0.252. The summed E-state index contributed by atoms with van der Waals surface area (Å²) in [7, 11) is 1.41. The first kappa shape index (κ1) is 29.9. The highest BCUT2D eigenvalue weighted by molar-refractivity contribution is 5.32. The van der Waals surface area contributed by atoms with Crippen LogP contribution in [0.1, 0.15) is 5.69 Å². The van der Waals surface area contributed by atoms with Crippen molar-refractivity contribution >= 4 is 5.95 Å². The third-order valence-electron chi connectivity index (χ3n) is 5.15. The summed E-state index contributed by atoms with van der Waals surface area (Å²) in [6, 6.07) is -0.114. The lowest BCUT2D eigenvalue weighted by atomic mass is 9.97. The number of alkyl halides is 3. The van der Waals surface area contributed by atoms with Crippen LogP contribution in [-0.4, -0.2) is 118 Å². The zero-order chi connectivity index (χ0) is 26.4. The number of halogens is 3. The number of hydrogen-bond acceptors (Lipinski definition) is 11. The molecule has 0 saturated carbocycles. The van der Waals surface area contributed by atoms with E-state index in [9.17, 15) is 23.4 Å². The van der Waals surface area contributed by atoms with Crippen LogP contribution in [0, 0.1) is 0 Å². The molecule has 36 heavy (non-hydrogen) atoms. The molecular formula is C20H31F3N6O7. The van der Waals surface area contributed by atoms with Crippen LogP contribution in [0.2, 0.25) is 0 Å². The molecule has 1 aromatic heterocycles. The van der Waals surface area contributed by atoms with Crippen molar-refractivity contribution in [3.05, 3.63) is 28.4 Å². The van der Waals surface area contributed by atoms with Crippen LogP contribution in [-0.2, 0) is 29.9 Å². The third kappa shape index (κ3) is 9.99. The van der Waals surface area contributed by atoms with Gasteiger partial charge in [-0.1, -0.05) is 5.11 Å². The molecule has 1 aliphatic heterocycles. The summed E-state index contributed by atoms with van der Waals surface area (Å²) in [5.41, 5.74) is 7.01. The van der Waals surface area contributed by atoms with Crippen molar-refractivity contribution < 1.29 is 47.1 Å². The van der Waals surface area contributed by atoms with Crippen molar-refractivity contribution in [3.8, 4) is 0 Å². The molecule has 13 nitrogen and oxygen atoms in total. The molecule has 1 fully saturated rings. The molecule has 0 spiro atoms. The average Bonchev–Trinajstić information content (AvgIpc) is 2.86. The number of rotatable bonds is 16. The van der Waals surface area contributed by atoms with Crippen LogP contribution in [0.4, 0.5) is 19.1 Å². The van der Waals surface area contributed by atoms with Crippen molar-refractivity contribution in [2.75, 3.05) is 78.0 Å². The van der Waals surface area contributed by atoms with Crippen LogP contribution < -0.4 is 4.90 Å². The van der Waals surface area contributed by atoms with Gasteiger partial charge in [-0.05, 0) is 11.6 Å². The number of aliphatic hydroxyl groups excluding tert-OH is 2. The summed E-state index contributed by atoms with van der Waals surface area (Å²) in [4.78, 5) is 11.2. The lowest BCUT2D eigenvalue weighted by molar-refractivity contribution is -0.164. The highest BCUT2D eigenvalue weighted by Gasteiger charge is 2.41. The van der Waals surface area contributed by atoms with Gasteiger partial charge in [-0.2, -0.15) is 13.2 Å². The normalized spacial score (nSPS) is 22.3. The van der Waals surface area contributed by atoms with Crippen molar-refractivity contribution in [1.82, 2.24) is 9.97 Å². The van der Waals surface area contributed by atoms with E-state index in [2.05, 4.69) is 20.0 Å². The van der Waals surface area contributed by atoms with Gasteiger partial charge in [0.2, 0.25) is 5.95 Å². The molecule has 2 heterocycles. The number of nitrogens with zero attached hydrogens (tertiary/aromatic N) is 6. The van der Waals surface area contributed by atoms with Crippen molar-refractivity contribution in [3.63, 3.8) is 0 Å². The molecule has 1 aliphatic rings. The van der Waals surface area contributed by atoms with Crippen LogP contribution >= 0.6 is 0 Å². The Labute approximate surface area is 205 Å².